The number of hydrogen-bond donors (Lipinski definition) is 0. The van der Waals surface area contributed by atoms with Crippen molar-refractivity contribution in [1.29, 1.82) is 5.26 Å². The van der Waals surface area contributed by atoms with Crippen molar-refractivity contribution in [2.75, 3.05) is 0 Å². The van der Waals surface area contributed by atoms with Gasteiger partial charge in [0.1, 0.15) is 6.57 Å². The number of nitrogens with zero attached hydrogens (tertiary/aromatic N) is 6. The number of pyridine rings is 1. The summed E-state index contributed by atoms with van der Waals surface area (Å²) >= 11 is 0. The second-order valence-corrected chi connectivity index (χ2v) is 8.17. The summed E-state index contributed by atoms with van der Waals surface area (Å²) in [7, 11) is 0. The fourth-order valence-corrected chi connectivity index (χ4v) is 4.25. The molecule has 0 N–H and O–H groups in total. The van der Waals surface area contributed by atoms with Gasteiger partial charge in [0.15, 0.2) is 0 Å². The molecule has 2 aromatic heterocycles. The van der Waals surface area contributed by atoms with Crippen molar-refractivity contribution in [1.82, 2.24) is 14.5 Å². The monoisotopic (exact) mass is 667 g/mol. The molecule has 7 heteroatoms. The fourth-order valence-electron chi connectivity index (χ4n) is 4.25. The van der Waals surface area contributed by atoms with E-state index >= 15 is 0 Å². The quantitative estimate of drug-likeness (QED) is 0.189. The molecule has 0 saturated heterocycles. The summed E-state index contributed by atoms with van der Waals surface area (Å²) in [6, 6.07) is 29.3. The van der Waals surface area contributed by atoms with Crippen molar-refractivity contribution >= 4 is 11.4 Å². The molecule has 0 saturated carbocycles. The van der Waals surface area contributed by atoms with Gasteiger partial charge in [0.05, 0.1) is 12.4 Å². The zero-order chi connectivity index (χ0) is 25.6. The first-order valence-electron chi connectivity index (χ1n) is 11.5. The van der Waals surface area contributed by atoms with Gasteiger partial charge in [0.25, 0.3) is 0 Å². The molecule has 0 atom stereocenters. The van der Waals surface area contributed by atoms with Gasteiger partial charge in [-0.05, 0) is 40.4 Å². The third kappa shape index (κ3) is 5.15. The first-order chi connectivity index (χ1) is 18.2. The van der Waals surface area contributed by atoms with Crippen molar-refractivity contribution in [3.63, 3.8) is 0 Å². The van der Waals surface area contributed by atoms with Crippen LogP contribution in [0.2, 0.25) is 0 Å². The minimum absolute atomic E-state index is 0. The van der Waals surface area contributed by atoms with E-state index in [0.29, 0.717) is 11.3 Å². The molecule has 0 spiro atoms. The van der Waals surface area contributed by atoms with E-state index in [1.165, 1.54) is 17.2 Å². The van der Waals surface area contributed by atoms with Gasteiger partial charge >= 0.3 is 0 Å². The zero-order valence-corrected chi connectivity index (χ0v) is 22.4. The molecule has 3 aromatic carbocycles. The maximum atomic E-state index is 9.09. The van der Waals surface area contributed by atoms with Crippen molar-refractivity contribution < 1.29 is 20.1 Å². The summed E-state index contributed by atoms with van der Waals surface area (Å²) in [5, 5.41) is 9.09. The van der Waals surface area contributed by atoms with Gasteiger partial charge in [0.2, 0.25) is 11.4 Å². The van der Waals surface area contributed by atoms with Crippen LogP contribution in [0, 0.1) is 36.6 Å². The van der Waals surface area contributed by atoms with E-state index in [9.17, 15) is 0 Å². The van der Waals surface area contributed by atoms with E-state index in [0.717, 1.165) is 29.9 Å². The first-order valence-corrected chi connectivity index (χ1v) is 11.5. The Morgan fingerprint density at radius 3 is 2.47 bits per heavy atom. The van der Waals surface area contributed by atoms with Crippen LogP contribution in [0.3, 0.4) is 0 Å². The van der Waals surface area contributed by atoms with Gasteiger partial charge in [-0.15, -0.1) is 47.5 Å². The standard InChI is InChI=1S/C20H9N4.C11H9N2.Ir/c1-22-19-16(13-21)8-9-17(20(19)23-2)18-12-15(10-11-24-18)14-6-4-3-5-7-14;1-2-4-10-9(3-1)5-7-13-8-6-12-11(10)13;/h3-8,10-12H;1-3,6,8H,5,7H2;/q2*-1;. The molecule has 3 heterocycles. The van der Waals surface area contributed by atoms with E-state index in [1.54, 1.807) is 6.20 Å². The smallest absolute Gasteiger partial charge is 0.244 e. The number of rotatable bonds is 2. The summed E-state index contributed by atoms with van der Waals surface area (Å²) in [6.07, 6.45) is 6.63. The summed E-state index contributed by atoms with van der Waals surface area (Å²) in [5.41, 5.74) is 5.82. The van der Waals surface area contributed by atoms with E-state index in [4.69, 9.17) is 18.4 Å². The molecular formula is C31H18IrN6-2. The summed E-state index contributed by atoms with van der Waals surface area (Å²) in [6.45, 7) is 15.7. The van der Waals surface area contributed by atoms with Gasteiger partial charge in [-0.1, -0.05) is 36.4 Å². The van der Waals surface area contributed by atoms with E-state index in [1.807, 2.05) is 73.1 Å². The van der Waals surface area contributed by atoms with Crippen LogP contribution in [0.4, 0.5) is 11.4 Å². The normalized spacial score (nSPS) is 10.7. The Morgan fingerprint density at radius 1 is 0.895 bits per heavy atom. The summed E-state index contributed by atoms with van der Waals surface area (Å²) < 4.78 is 2.18. The molecule has 1 radical (unpaired) electrons. The second-order valence-electron chi connectivity index (χ2n) is 8.17. The Labute approximate surface area is 234 Å². The molecule has 0 fully saturated rings. The number of aromatic nitrogens is 3. The fraction of sp³-hybridized carbons (Fsp3) is 0.0645. The number of nitriles is 1. The minimum Gasteiger partial charge on any atom is -0.371 e. The number of imidazole rings is 1. The molecule has 38 heavy (non-hydrogen) atoms. The Kier molecular flexibility index (Phi) is 8.22. The molecule has 183 valence electrons. The maximum Gasteiger partial charge on any atom is 0.244 e. The van der Waals surface area contributed by atoms with E-state index in [-0.39, 0.29) is 37.0 Å². The van der Waals surface area contributed by atoms with E-state index < -0.39 is 0 Å². The van der Waals surface area contributed by atoms with Gasteiger partial charge < -0.3 is 9.55 Å². The summed E-state index contributed by atoms with van der Waals surface area (Å²) in [5.74, 6) is 1.06. The molecule has 1 aliphatic rings. The number of hydrogen-bond acceptors (Lipinski definition) is 3. The van der Waals surface area contributed by atoms with Gasteiger partial charge in [-0.3, -0.25) is 4.98 Å². The van der Waals surface area contributed by atoms with Crippen LogP contribution in [-0.4, -0.2) is 14.5 Å². The van der Waals surface area contributed by atoms with Crippen LogP contribution in [0.15, 0.2) is 85.3 Å². The van der Waals surface area contributed by atoms with Crippen LogP contribution < -0.4 is 0 Å². The largest absolute Gasteiger partial charge is 0.371 e. The van der Waals surface area contributed by atoms with Gasteiger partial charge in [-0.25, -0.2) is 15.0 Å². The van der Waals surface area contributed by atoms with Crippen LogP contribution in [0.1, 0.15) is 11.1 Å². The predicted molar refractivity (Wildman–Crippen MR) is 141 cm³/mol. The van der Waals surface area contributed by atoms with Crippen molar-refractivity contribution in [3.8, 4) is 39.8 Å². The van der Waals surface area contributed by atoms with Crippen LogP contribution in [0.5, 0.6) is 0 Å². The van der Waals surface area contributed by atoms with Crippen LogP contribution >= 0.6 is 0 Å². The second kappa shape index (κ2) is 11.9. The van der Waals surface area contributed by atoms with Crippen molar-refractivity contribution in [2.24, 2.45) is 0 Å². The molecule has 5 aromatic rings. The Balaban J connectivity index is 0.000000201. The predicted octanol–water partition coefficient (Wildman–Crippen LogP) is 7.09. The Bertz CT molecular complexity index is 1720. The minimum atomic E-state index is 0. The molecule has 6 nitrogen and oxygen atoms in total. The first kappa shape index (κ1) is 26.2. The Morgan fingerprint density at radius 2 is 1.71 bits per heavy atom. The SMILES string of the molecule is [C-]#[N+]c1c(-c2cc(-c3ccccc3)ccn2)[c-]cc(C#N)c1[N+]#[C-].[Ir].[c-]1cccc2c1-c1nccn1CC2. The third-order valence-electron chi connectivity index (χ3n) is 6.05. The molecule has 0 bridgehead atoms. The van der Waals surface area contributed by atoms with Gasteiger partial charge in [0, 0.05) is 51.3 Å². The van der Waals surface area contributed by atoms with Gasteiger partial charge in [-0.2, -0.15) is 0 Å². The van der Waals surface area contributed by atoms with Crippen LogP contribution in [-0.2, 0) is 33.1 Å². The van der Waals surface area contributed by atoms with Crippen LogP contribution in [0.25, 0.3) is 43.5 Å². The van der Waals surface area contributed by atoms with Crippen molar-refractivity contribution in [3.05, 3.63) is 131 Å². The molecular weight excluding hydrogens is 649 g/mol. The molecule has 0 aliphatic carbocycles. The maximum absolute atomic E-state index is 9.09. The molecule has 0 amide bonds. The molecule has 0 unspecified atom stereocenters. The average molecular weight is 667 g/mol. The third-order valence-corrected chi connectivity index (χ3v) is 6.05. The number of aryl methyl sites for hydroxylation is 2. The van der Waals surface area contributed by atoms with Crippen molar-refractivity contribution in [2.45, 2.75) is 13.0 Å². The zero-order valence-electron chi connectivity index (χ0n) is 20.0. The average Bonchev–Trinajstić information content (AvgIpc) is 3.47. The topological polar surface area (TPSA) is 63.2 Å². The number of fused-ring (bicyclic) bond motifs is 3. The molecule has 6 rings (SSSR count). The number of benzene rings is 3. The summed E-state index contributed by atoms with van der Waals surface area (Å²) in [4.78, 5) is 15.4. The molecule has 1 aliphatic heterocycles. The Hall–Kier alpha value is -4.86. The van der Waals surface area contributed by atoms with E-state index in [2.05, 4.69) is 42.4 Å².